The number of halogens is 1. The Kier molecular flexibility index (Phi) is 3.54. The van der Waals surface area contributed by atoms with Gasteiger partial charge in [-0.15, -0.1) is 5.10 Å². The minimum Gasteiger partial charge on any atom is -0.454 e. The normalized spacial score (nSPS) is 18.3. The Labute approximate surface area is 143 Å². The number of carbonyl (C=O) groups is 1. The molecule has 2 aliphatic heterocycles. The van der Waals surface area contributed by atoms with Gasteiger partial charge in [-0.1, -0.05) is 23.7 Å². The number of rotatable bonds is 2. The quantitative estimate of drug-likeness (QED) is 0.838. The molecule has 0 spiro atoms. The van der Waals surface area contributed by atoms with Crippen LogP contribution >= 0.6 is 11.6 Å². The summed E-state index contributed by atoms with van der Waals surface area (Å²) in [6, 6.07) is 12.6. The highest BCUT2D eigenvalue weighted by Crippen LogP contribution is 2.38. The van der Waals surface area contributed by atoms with Crippen molar-refractivity contribution in [1.82, 2.24) is 5.01 Å². The number of hydrogen-bond acceptors (Lipinski definition) is 5. The Bertz CT molecular complexity index is 852. The number of nitrogens with zero attached hydrogens (tertiary/aromatic N) is 2. The number of ether oxygens (including phenoxy) is 3. The number of hydrogen-bond donors (Lipinski definition) is 0. The summed E-state index contributed by atoms with van der Waals surface area (Å²) >= 11 is 6.20. The predicted octanol–water partition coefficient (Wildman–Crippen LogP) is 3.31. The SMILES string of the molecule is CC(=O)N1N=C(c2ccccc2Cl)OC1c1ccc2c(c1)OCO2. The molecule has 7 heteroatoms. The Morgan fingerprint density at radius 3 is 2.79 bits per heavy atom. The second-order valence-electron chi connectivity index (χ2n) is 5.33. The van der Waals surface area contributed by atoms with Crippen LogP contribution in [-0.2, 0) is 9.53 Å². The number of carbonyl (C=O) groups excluding carboxylic acids is 1. The molecule has 1 unspecified atom stereocenters. The summed E-state index contributed by atoms with van der Waals surface area (Å²) in [5.74, 6) is 1.35. The van der Waals surface area contributed by atoms with Gasteiger partial charge in [0, 0.05) is 12.5 Å². The molecule has 6 nitrogen and oxygen atoms in total. The molecule has 0 saturated carbocycles. The first kappa shape index (κ1) is 14.8. The van der Waals surface area contributed by atoms with Gasteiger partial charge in [-0.3, -0.25) is 4.79 Å². The summed E-state index contributed by atoms with van der Waals surface area (Å²) < 4.78 is 16.6. The minimum atomic E-state index is -0.678. The molecule has 1 amide bonds. The highest BCUT2D eigenvalue weighted by molar-refractivity contribution is 6.33. The zero-order valence-electron chi connectivity index (χ0n) is 12.7. The van der Waals surface area contributed by atoms with Crippen LogP contribution in [0.25, 0.3) is 0 Å². The van der Waals surface area contributed by atoms with E-state index in [0.29, 0.717) is 28.0 Å². The highest BCUT2D eigenvalue weighted by atomic mass is 35.5. The summed E-state index contributed by atoms with van der Waals surface area (Å²) in [7, 11) is 0. The molecule has 0 fully saturated rings. The fourth-order valence-electron chi connectivity index (χ4n) is 2.59. The lowest BCUT2D eigenvalue weighted by Crippen LogP contribution is -2.25. The van der Waals surface area contributed by atoms with Gasteiger partial charge in [0.25, 0.3) is 0 Å². The molecule has 4 rings (SSSR count). The van der Waals surface area contributed by atoms with Crippen molar-refractivity contribution in [3.63, 3.8) is 0 Å². The molecule has 0 radical (unpaired) electrons. The van der Waals surface area contributed by atoms with Crippen LogP contribution in [0.4, 0.5) is 0 Å². The second-order valence-corrected chi connectivity index (χ2v) is 5.74. The Hall–Kier alpha value is -2.73. The van der Waals surface area contributed by atoms with E-state index in [0.717, 1.165) is 5.56 Å². The molecule has 122 valence electrons. The van der Waals surface area contributed by atoms with E-state index < -0.39 is 6.23 Å². The van der Waals surface area contributed by atoms with Crippen molar-refractivity contribution in [2.45, 2.75) is 13.2 Å². The van der Waals surface area contributed by atoms with E-state index in [1.54, 1.807) is 24.3 Å². The van der Waals surface area contributed by atoms with Crippen molar-refractivity contribution < 1.29 is 19.0 Å². The third-order valence-corrected chi connectivity index (χ3v) is 4.08. The maximum absolute atomic E-state index is 12.0. The standard InChI is InChI=1S/C17H13ClN2O4/c1-10(21)20-17(11-6-7-14-15(8-11)23-9-22-14)24-16(19-20)12-4-2-3-5-13(12)18/h2-8,17H,9H2,1H3. The molecule has 0 bridgehead atoms. The zero-order chi connectivity index (χ0) is 16.7. The van der Waals surface area contributed by atoms with Gasteiger partial charge in [0.1, 0.15) is 0 Å². The van der Waals surface area contributed by atoms with Gasteiger partial charge in [-0.05, 0) is 30.3 Å². The van der Waals surface area contributed by atoms with Gasteiger partial charge in [-0.25, -0.2) is 0 Å². The van der Waals surface area contributed by atoms with Crippen LogP contribution in [0.3, 0.4) is 0 Å². The molecule has 1 atom stereocenters. The maximum atomic E-state index is 12.0. The van der Waals surface area contributed by atoms with Crippen LogP contribution < -0.4 is 9.47 Å². The van der Waals surface area contributed by atoms with E-state index >= 15 is 0 Å². The van der Waals surface area contributed by atoms with E-state index in [2.05, 4.69) is 5.10 Å². The second kappa shape index (κ2) is 5.72. The molecule has 2 aliphatic rings. The Morgan fingerprint density at radius 1 is 1.21 bits per heavy atom. The van der Waals surface area contributed by atoms with E-state index in [1.165, 1.54) is 11.9 Å². The van der Waals surface area contributed by atoms with Crippen LogP contribution in [0.15, 0.2) is 47.6 Å². The fraction of sp³-hybridized carbons (Fsp3) is 0.176. The van der Waals surface area contributed by atoms with E-state index in [-0.39, 0.29) is 12.7 Å². The van der Waals surface area contributed by atoms with Crippen LogP contribution in [0.2, 0.25) is 5.02 Å². The summed E-state index contributed by atoms with van der Waals surface area (Å²) in [5, 5.41) is 6.09. The minimum absolute atomic E-state index is 0.183. The van der Waals surface area contributed by atoms with Gasteiger partial charge < -0.3 is 14.2 Å². The van der Waals surface area contributed by atoms with Crippen LogP contribution in [-0.4, -0.2) is 23.6 Å². The van der Waals surface area contributed by atoms with Crippen LogP contribution in [0, 0.1) is 0 Å². The molecule has 2 aromatic carbocycles. The van der Waals surface area contributed by atoms with Crippen molar-refractivity contribution >= 4 is 23.4 Å². The van der Waals surface area contributed by atoms with Crippen molar-refractivity contribution in [3.05, 3.63) is 58.6 Å². The maximum Gasteiger partial charge on any atom is 0.243 e. The number of hydrazone groups is 1. The third kappa shape index (κ3) is 2.45. The van der Waals surface area contributed by atoms with Gasteiger partial charge in [0.2, 0.25) is 24.8 Å². The lowest BCUT2D eigenvalue weighted by atomic mass is 10.1. The van der Waals surface area contributed by atoms with Gasteiger partial charge in [0.05, 0.1) is 10.6 Å². The summed E-state index contributed by atoms with van der Waals surface area (Å²) in [4.78, 5) is 12.0. The van der Waals surface area contributed by atoms with Crippen molar-refractivity contribution in [3.8, 4) is 11.5 Å². The summed E-state index contributed by atoms with van der Waals surface area (Å²) in [6.07, 6.45) is -0.678. The highest BCUT2D eigenvalue weighted by Gasteiger charge is 2.34. The first-order valence-corrected chi connectivity index (χ1v) is 7.71. The molecule has 0 saturated heterocycles. The molecule has 0 N–H and O–H groups in total. The average molecular weight is 345 g/mol. The van der Waals surface area contributed by atoms with Crippen molar-refractivity contribution in [1.29, 1.82) is 0 Å². The molecular weight excluding hydrogens is 332 g/mol. The molecule has 0 aromatic heterocycles. The first-order valence-electron chi connectivity index (χ1n) is 7.33. The number of fused-ring (bicyclic) bond motifs is 1. The predicted molar refractivity (Wildman–Crippen MR) is 86.9 cm³/mol. The van der Waals surface area contributed by atoms with E-state index in [4.69, 9.17) is 25.8 Å². The van der Waals surface area contributed by atoms with Crippen molar-refractivity contribution in [2.75, 3.05) is 6.79 Å². The monoisotopic (exact) mass is 344 g/mol. The zero-order valence-corrected chi connectivity index (χ0v) is 13.5. The summed E-state index contributed by atoms with van der Waals surface area (Å²) in [5.41, 5.74) is 1.37. The lowest BCUT2D eigenvalue weighted by Gasteiger charge is -2.19. The van der Waals surface area contributed by atoms with Gasteiger partial charge in [0.15, 0.2) is 11.5 Å². The van der Waals surface area contributed by atoms with Crippen LogP contribution in [0.1, 0.15) is 24.3 Å². The van der Waals surface area contributed by atoms with E-state index in [9.17, 15) is 4.79 Å². The Balaban J connectivity index is 1.70. The largest absolute Gasteiger partial charge is 0.454 e. The number of benzene rings is 2. The lowest BCUT2D eigenvalue weighted by molar-refractivity contribution is -0.135. The number of amides is 1. The first-order chi connectivity index (χ1) is 11.6. The average Bonchev–Trinajstić information content (AvgIpc) is 3.21. The molecule has 2 aromatic rings. The molecule has 0 aliphatic carbocycles. The topological polar surface area (TPSA) is 60.4 Å². The van der Waals surface area contributed by atoms with Gasteiger partial charge in [-0.2, -0.15) is 5.01 Å². The molecule has 2 heterocycles. The molecule has 24 heavy (non-hydrogen) atoms. The van der Waals surface area contributed by atoms with Gasteiger partial charge >= 0.3 is 0 Å². The third-order valence-electron chi connectivity index (χ3n) is 3.75. The fourth-order valence-corrected chi connectivity index (χ4v) is 2.81. The van der Waals surface area contributed by atoms with Crippen molar-refractivity contribution in [2.24, 2.45) is 5.10 Å². The smallest absolute Gasteiger partial charge is 0.243 e. The summed E-state index contributed by atoms with van der Waals surface area (Å²) in [6.45, 7) is 1.62. The van der Waals surface area contributed by atoms with E-state index in [1.807, 2.05) is 18.2 Å². The molecular formula is C17H13ClN2O4. The Morgan fingerprint density at radius 2 is 2.00 bits per heavy atom. The van der Waals surface area contributed by atoms with Crippen LogP contribution in [0.5, 0.6) is 11.5 Å².